The molecule has 4 aromatic rings. The Kier molecular flexibility index (Phi) is 3.41. The van der Waals surface area contributed by atoms with Crippen LogP contribution in [-0.4, -0.2) is 24.5 Å². The number of rotatable bonds is 0. The SMILES string of the molecule is Cc1ccc2c(c1)-n1nncc1Cc1c(C#Cc3ccccc3F)ncn1-2. The smallest absolute Gasteiger partial charge is 0.138 e. The largest absolute Gasteiger partial charge is 0.299 e. The van der Waals surface area contributed by atoms with Crippen molar-refractivity contribution in [3.05, 3.63) is 89.0 Å². The molecule has 0 bridgehead atoms. The second-order valence-electron chi connectivity index (χ2n) is 6.45. The average molecular weight is 355 g/mol. The van der Waals surface area contributed by atoms with E-state index in [0.717, 1.165) is 28.3 Å². The lowest BCUT2D eigenvalue weighted by molar-refractivity contribution is 0.624. The summed E-state index contributed by atoms with van der Waals surface area (Å²) in [5, 5.41) is 8.31. The van der Waals surface area contributed by atoms with Crippen molar-refractivity contribution < 1.29 is 4.39 Å². The van der Waals surface area contributed by atoms with Gasteiger partial charge in [0.05, 0.1) is 34.5 Å². The van der Waals surface area contributed by atoms with Crippen molar-refractivity contribution in [3.63, 3.8) is 0 Å². The molecule has 0 spiro atoms. The van der Waals surface area contributed by atoms with Gasteiger partial charge >= 0.3 is 0 Å². The Hall–Kier alpha value is -3.72. The molecule has 0 saturated carbocycles. The maximum Gasteiger partial charge on any atom is 0.138 e. The van der Waals surface area contributed by atoms with Crippen LogP contribution < -0.4 is 0 Å². The lowest BCUT2D eigenvalue weighted by atomic mass is 10.1. The van der Waals surface area contributed by atoms with Gasteiger partial charge in [-0.15, -0.1) is 5.10 Å². The van der Waals surface area contributed by atoms with E-state index in [1.54, 1.807) is 30.7 Å². The van der Waals surface area contributed by atoms with Crippen LogP contribution in [0.2, 0.25) is 0 Å². The fourth-order valence-electron chi connectivity index (χ4n) is 3.30. The lowest BCUT2D eigenvalue weighted by Gasteiger charge is -2.10. The van der Waals surface area contributed by atoms with Crippen LogP contribution in [0.3, 0.4) is 0 Å². The Morgan fingerprint density at radius 1 is 1.07 bits per heavy atom. The Morgan fingerprint density at radius 3 is 2.85 bits per heavy atom. The van der Waals surface area contributed by atoms with E-state index in [1.165, 1.54) is 6.07 Å². The molecule has 0 radical (unpaired) electrons. The van der Waals surface area contributed by atoms with Gasteiger partial charge in [0, 0.05) is 6.42 Å². The molecule has 5 nitrogen and oxygen atoms in total. The summed E-state index contributed by atoms with van der Waals surface area (Å²) in [6.45, 7) is 2.04. The summed E-state index contributed by atoms with van der Waals surface area (Å²) in [6.07, 6.45) is 4.10. The first kappa shape index (κ1) is 15.5. The van der Waals surface area contributed by atoms with Crippen LogP contribution in [0.4, 0.5) is 4.39 Å². The van der Waals surface area contributed by atoms with Gasteiger partial charge < -0.3 is 0 Å². The molecule has 27 heavy (non-hydrogen) atoms. The Labute approximate surface area is 155 Å². The monoisotopic (exact) mass is 355 g/mol. The number of hydrogen-bond donors (Lipinski definition) is 0. The predicted molar refractivity (Wildman–Crippen MR) is 98.4 cm³/mol. The van der Waals surface area contributed by atoms with E-state index in [9.17, 15) is 4.39 Å². The van der Waals surface area contributed by atoms with Crippen LogP contribution in [0, 0.1) is 24.6 Å². The normalized spacial score (nSPS) is 11.6. The summed E-state index contributed by atoms with van der Waals surface area (Å²) in [5.74, 6) is 5.59. The van der Waals surface area contributed by atoms with E-state index in [0.29, 0.717) is 17.7 Å². The van der Waals surface area contributed by atoms with Crippen molar-refractivity contribution in [1.82, 2.24) is 24.5 Å². The van der Waals surface area contributed by atoms with Crippen molar-refractivity contribution in [2.45, 2.75) is 13.3 Å². The molecule has 0 N–H and O–H groups in total. The molecule has 5 rings (SSSR count). The summed E-state index contributed by atoms with van der Waals surface area (Å²) < 4.78 is 17.7. The second-order valence-corrected chi connectivity index (χ2v) is 6.45. The molecule has 130 valence electrons. The summed E-state index contributed by atoms with van der Waals surface area (Å²) in [5.41, 5.74) is 5.92. The van der Waals surface area contributed by atoms with Crippen LogP contribution >= 0.6 is 0 Å². The highest BCUT2D eigenvalue weighted by molar-refractivity contribution is 5.58. The number of aryl methyl sites for hydroxylation is 1. The number of aromatic nitrogens is 5. The molecule has 0 aliphatic carbocycles. The number of nitrogens with zero attached hydrogens (tertiary/aromatic N) is 5. The molecule has 6 heteroatoms. The third kappa shape index (κ3) is 2.52. The van der Waals surface area contributed by atoms with Crippen LogP contribution in [0.25, 0.3) is 11.4 Å². The van der Waals surface area contributed by atoms with Gasteiger partial charge in [0.2, 0.25) is 0 Å². The van der Waals surface area contributed by atoms with Gasteiger partial charge in [-0.3, -0.25) is 4.57 Å². The minimum absolute atomic E-state index is 0.335. The molecule has 2 aromatic heterocycles. The van der Waals surface area contributed by atoms with Crippen molar-refractivity contribution in [2.24, 2.45) is 0 Å². The number of benzene rings is 2. The Morgan fingerprint density at radius 2 is 1.96 bits per heavy atom. The van der Waals surface area contributed by atoms with Crippen LogP contribution in [0.1, 0.15) is 28.2 Å². The van der Waals surface area contributed by atoms with E-state index in [-0.39, 0.29) is 5.82 Å². The van der Waals surface area contributed by atoms with Gasteiger partial charge in [-0.05, 0) is 42.7 Å². The summed E-state index contributed by atoms with van der Waals surface area (Å²) in [4.78, 5) is 4.48. The molecular formula is C21H14FN5. The summed E-state index contributed by atoms with van der Waals surface area (Å²) in [6, 6.07) is 12.7. The van der Waals surface area contributed by atoms with E-state index < -0.39 is 0 Å². The van der Waals surface area contributed by atoms with Crippen molar-refractivity contribution >= 4 is 0 Å². The molecule has 1 aliphatic heterocycles. The summed E-state index contributed by atoms with van der Waals surface area (Å²) in [7, 11) is 0. The zero-order valence-electron chi connectivity index (χ0n) is 14.5. The third-order valence-corrected chi connectivity index (χ3v) is 4.64. The molecule has 0 saturated heterocycles. The lowest BCUT2D eigenvalue weighted by Crippen LogP contribution is -2.03. The molecule has 0 fully saturated rings. The molecular weight excluding hydrogens is 341 g/mol. The van der Waals surface area contributed by atoms with E-state index in [2.05, 4.69) is 39.3 Å². The maximum atomic E-state index is 13.9. The van der Waals surface area contributed by atoms with Gasteiger partial charge in [-0.2, -0.15) is 0 Å². The highest BCUT2D eigenvalue weighted by atomic mass is 19.1. The first-order valence-corrected chi connectivity index (χ1v) is 8.54. The van der Waals surface area contributed by atoms with Gasteiger partial charge in [0.1, 0.15) is 17.8 Å². The van der Waals surface area contributed by atoms with Crippen molar-refractivity contribution in [3.8, 4) is 23.2 Å². The first-order chi connectivity index (χ1) is 13.2. The number of fused-ring (bicyclic) bond motifs is 5. The van der Waals surface area contributed by atoms with Crippen LogP contribution in [0.5, 0.6) is 0 Å². The predicted octanol–water partition coefficient (Wildman–Crippen LogP) is 3.20. The van der Waals surface area contributed by atoms with E-state index in [4.69, 9.17) is 0 Å². The quantitative estimate of drug-likeness (QED) is 0.401. The number of halogens is 1. The van der Waals surface area contributed by atoms with Gasteiger partial charge in [-0.25, -0.2) is 14.1 Å². The molecule has 2 aromatic carbocycles. The fraction of sp³-hybridized carbons (Fsp3) is 0.0952. The standard InChI is InChI=1S/C21H14FN5/c1-14-6-9-19-21(10-14)27-16(12-24-25-27)11-20-18(23-13-26(19)20)8-7-15-4-2-3-5-17(15)22/h2-6,9-10,12-13H,11H2,1H3. The molecule has 1 aliphatic rings. The van der Waals surface area contributed by atoms with Crippen molar-refractivity contribution in [1.29, 1.82) is 0 Å². The molecule has 0 amide bonds. The fourth-order valence-corrected chi connectivity index (χ4v) is 3.30. The Bertz CT molecular complexity index is 1240. The highest BCUT2D eigenvalue weighted by Gasteiger charge is 2.22. The minimum atomic E-state index is -0.335. The number of imidazole rings is 1. The van der Waals surface area contributed by atoms with Crippen molar-refractivity contribution in [2.75, 3.05) is 0 Å². The third-order valence-electron chi connectivity index (χ3n) is 4.64. The van der Waals surface area contributed by atoms with Crippen LogP contribution in [0.15, 0.2) is 55.0 Å². The second kappa shape index (κ2) is 5.92. The van der Waals surface area contributed by atoms with Crippen LogP contribution in [-0.2, 0) is 6.42 Å². The zero-order chi connectivity index (χ0) is 18.4. The van der Waals surface area contributed by atoms with E-state index >= 15 is 0 Å². The molecule has 0 atom stereocenters. The van der Waals surface area contributed by atoms with Gasteiger partial charge in [0.15, 0.2) is 0 Å². The van der Waals surface area contributed by atoms with Gasteiger partial charge in [-0.1, -0.05) is 29.3 Å². The molecule has 3 heterocycles. The maximum absolute atomic E-state index is 13.9. The topological polar surface area (TPSA) is 48.5 Å². The Balaban J connectivity index is 1.69. The average Bonchev–Trinajstić information content (AvgIpc) is 3.26. The highest BCUT2D eigenvalue weighted by Crippen LogP contribution is 2.29. The van der Waals surface area contributed by atoms with E-state index in [1.807, 2.05) is 22.2 Å². The zero-order valence-corrected chi connectivity index (χ0v) is 14.5. The molecule has 0 unspecified atom stereocenters. The van der Waals surface area contributed by atoms with Gasteiger partial charge in [0.25, 0.3) is 0 Å². The first-order valence-electron chi connectivity index (χ1n) is 8.54. The minimum Gasteiger partial charge on any atom is -0.299 e. The summed E-state index contributed by atoms with van der Waals surface area (Å²) >= 11 is 0. The number of hydrogen-bond acceptors (Lipinski definition) is 3.